The van der Waals surface area contributed by atoms with E-state index in [2.05, 4.69) is 46.8 Å². The molecule has 0 amide bonds. The molecule has 0 spiro atoms. The maximum Gasteiger partial charge on any atom is 0.0742 e. The minimum absolute atomic E-state index is 0.197. The van der Waals surface area contributed by atoms with Crippen LogP contribution in [-0.4, -0.2) is 14.8 Å². The maximum absolute atomic E-state index is 6.46. The normalized spacial score (nSPS) is 12.9. The molecule has 0 aromatic carbocycles. The molecule has 0 aliphatic rings. The Hall–Kier alpha value is -1.20. The zero-order chi connectivity index (χ0) is 14.0. The third kappa shape index (κ3) is 2.72. The molecule has 0 radical (unpaired) electrons. The zero-order valence-corrected chi connectivity index (χ0v) is 13.1. The summed E-state index contributed by atoms with van der Waals surface area (Å²) < 4.78 is 2.92. The van der Waals surface area contributed by atoms with Gasteiger partial charge >= 0.3 is 0 Å². The van der Waals surface area contributed by atoms with Crippen molar-refractivity contribution >= 4 is 15.9 Å². The van der Waals surface area contributed by atoms with E-state index in [1.165, 1.54) is 5.56 Å². The molecule has 102 valence electrons. The van der Waals surface area contributed by atoms with Gasteiger partial charge in [-0.2, -0.15) is 5.10 Å². The van der Waals surface area contributed by atoms with Gasteiger partial charge in [0.25, 0.3) is 0 Å². The van der Waals surface area contributed by atoms with E-state index in [0.29, 0.717) is 0 Å². The number of rotatable bonds is 4. The number of hydrogen-bond donors (Lipinski definition) is 1. The second-order valence-corrected chi connectivity index (χ2v) is 5.68. The molecule has 1 unspecified atom stereocenters. The summed E-state index contributed by atoms with van der Waals surface area (Å²) in [6.45, 7) is 6.31. The molecule has 0 bridgehead atoms. The largest absolute Gasteiger partial charge is 0.319 e. The van der Waals surface area contributed by atoms with Gasteiger partial charge in [-0.1, -0.05) is 6.92 Å². The highest BCUT2D eigenvalue weighted by Gasteiger charge is 2.21. The first-order valence-corrected chi connectivity index (χ1v) is 7.26. The number of halogens is 1. The molecule has 4 nitrogen and oxygen atoms in total. The average molecular weight is 323 g/mol. The van der Waals surface area contributed by atoms with Gasteiger partial charge in [0.2, 0.25) is 0 Å². The first-order chi connectivity index (χ1) is 9.06. The van der Waals surface area contributed by atoms with E-state index in [9.17, 15) is 0 Å². The lowest BCUT2D eigenvalue weighted by Gasteiger charge is -2.19. The first-order valence-electron chi connectivity index (χ1n) is 6.47. The molecule has 0 aliphatic carbocycles. The van der Waals surface area contributed by atoms with Gasteiger partial charge in [-0.05, 0) is 53.4 Å². The Morgan fingerprint density at radius 1 is 1.37 bits per heavy atom. The Balaban J connectivity index is 2.50. The maximum atomic E-state index is 6.46. The molecular weight excluding hydrogens is 304 g/mol. The highest BCUT2D eigenvalue weighted by Crippen LogP contribution is 2.30. The smallest absolute Gasteiger partial charge is 0.0742 e. The van der Waals surface area contributed by atoms with Crippen molar-refractivity contribution in [2.24, 2.45) is 5.73 Å². The van der Waals surface area contributed by atoms with Gasteiger partial charge in [0, 0.05) is 18.4 Å². The summed E-state index contributed by atoms with van der Waals surface area (Å²) in [5, 5.41) is 4.39. The quantitative estimate of drug-likeness (QED) is 0.940. The fourth-order valence-electron chi connectivity index (χ4n) is 2.24. The van der Waals surface area contributed by atoms with Crippen LogP contribution >= 0.6 is 15.9 Å². The van der Waals surface area contributed by atoms with Crippen LogP contribution in [0.5, 0.6) is 0 Å². The summed E-state index contributed by atoms with van der Waals surface area (Å²) in [6, 6.07) is 2.07. The van der Waals surface area contributed by atoms with E-state index in [1.807, 2.05) is 23.1 Å². The van der Waals surface area contributed by atoms with Crippen molar-refractivity contribution < 1.29 is 0 Å². The Labute approximate surface area is 122 Å². The molecule has 2 aromatic rings. The lowest BCUT2D eigenvalue weighted by molar-refractivity contribution is 0.498. The van der Waals surface area contributed by atoms with Crippen LogP contribution in [0.15, 0.2) is 29.1 Å². The van der Waals surface area contributed by atoms with Crippen molar-refractivity contribution in [3.8, 4) is 0 Å². The van der Waals surface area contributed by atoms with Crippen molar-refractivity contribution in [2.75, 3.05) is 0 Å². The van der Waals surface area contributed by atoms with Gasteiger partial charge in [-0.3, -0.25) is 9.67 Å². The molecule has 0 saturated heterocycles. The predicted octanol–water partition coefficient (Wildman–Crippen LogP) is 3.23. The third-order valence-electron chi connectivity index (χ3n) is 3.23. The standard InChI is InChI=1S/C14H19BrN4/c1-4-10-7-17-6-5-11(10)13(16)14-12(15)8-18-19(14)9(2)3/h5-9,13H,4,16H2,1-3H3. The van der Waals surface area contributed by atoms with Crippen LogP contribution in [0.25, 0.3) is 0 Å². The molecule has 1 atom stereocenters. The van der Waals surface area contributed by atoms with Crippen molar-refractivity contribution in [3.63, 3.8) is 0 Å². The molecule has 0 fully saturated rings. The SMILES string of the molecule is CCc1cnccc1C(N)c1c(Br)cnn1C(C)C. The monoisotopic (exact) mass is 322 g/mol. The van der Waals surface area contributed by atoms with Crippen molar-refractivity contribution in [3.05, 3.63) is 46.0 Å². The summed E-state index contributed by atoms with van der Waals surface area (Å²) in [4.78, 5) is 4.17. The van der Waals surface area contributed by atoms with Crippen LogP contribution < -0.4 is 5.73 Å². The van der Waals surface area contributed by atoms with E-state index >= 15 is 0 Å². The number of hydrogen-bond acceptors (Lipinski definition) is 3. The predicted molar refractivity (Wildman–Crippen MR) is 80.0 cm³/mol. The van der Waals surface area contributed by atoms with E-state index in [0.717, 1.165) is 22.2 Å². The molecule has 2 N–H and O–H groups in total. The molecule has 2 heterocycles. The van der Waals surface area contributed by atoms with Crippen LogP contribution in [0.3, 0.4) is 0 Å². The topological polar surface area (TPSA) is 56.7 Å². The summed E-state index contributed by atoms with van der Waals surface area (Å²) in [5.74, 6) is 0. The lowest BCUT2D eigenvalue weighted by Crippen LogP contribution is -2.20. The average Bonchev–Trinajstić information content (AvgIpc) is 2.80. The minimum Gasteiger partial charge on any atom is -0.319 e. The van der Waals surface area contributed by atoms with Crippen LogP contribution in [0.4, 0.5) is 0 Å². The highest BCUT2D eigenvalue weighted by molar-refractivity contribution is 9.10. The zero-order valence-electron chi connectivity index (χ0n) is 11.5. The summed E-state index contributed by atoms with van der Waals surface area (Å²) >= 11 is 3.55. The van der Waals surface area contributed by atoms with Crippen LogP contribution in [0.1, 0.15) is 49.7 Å². The number of aromatic nitrogens is 3. The van der Waals surface area contributed by atoms with Gasteiger partial charge in [0.15, 0.2) is 0 Å². The minimum atomic E-state index is -0.197. The third-order valence-corrected chi connectivity index (χ3v) is 3.84. The molecule has 5 heteroatoms. The van der Waals surface area contributed by atoms with Gasteiger partial charge in [-0.15, -0.1) is 0 Å². The second-order valence-electron chi connectivity index (χ2n) is 4.82. The van der Waals surface area contributed by atoms with Crippen molar-refractivity contribution in [2.45, 2.75) is 39.3 Å². The molecular formula is C14H19BrN4. The Morgan fingerprint density at radius 2 is 2.11 bits per heavy atom. The summed E-state index contributed by atoms with van der Waals surface area (Å²) in [6.07, 6.45) is 6.41. The fraction of sp³-hybridized carbons (Fsp3) is 0.429. The van der Waals surface area contributed by atoms with Gasteiger partial charge in [0.1, 0.15) is 0 Å². The summed E-state index contributed by atoms with van der Waals surface area (Å²) in [7, 11) is 0. The van der Waals surface area contributed by atoms with E-state index < -0.39 is 0 Å². The molecule has 2 rings (SSSR count). The second kappa shape index (κ2) is 5.84. The fourth-order valence-corrected chi connectivity index (χ4v) is 2.76. The lowest BCUT2D eigenvalue weighted by atomic mass is 9.99. The van der Waals surface area contributed by atoms with Crippen LogP contribution in [0, 0.1) is 0 Å². The molecule has 0 aliphatic heterocycles. The number of pyridine rings is 1. The van der Waals surface area contributed by atoms with Gasteiger partial charge in [-0.25, -0.2) is 0 Å². The molecule has 2 aromatic heterocycles. The van der Waals surface area contributed by atoms with E-state index in [-0.39, 0.29) is 12.1 Å². The van der Waals surface area contributed by atoms with Gasteiger partial charge in [0.05, 0.1) is 22.4 Å². The molecule has 19 heavy (non-hydrogen) atoms. The number of nitrogens with zero attached hydrogens (tertiary/aromatic N) is 3. The Kier molecular flexibility index (Phi) is 4.37. The Bertz CT molecular complexity index is 562. The Morgan fingerprint density at radius 3 is 2.74 bits per heavy atom. The van der Waals surface area contributed by atoms with Crippen LogP contribution in [-0.2, 0) is 6.42 Å². The van der Waals surface area contributed by atoms with Crippen LogP contribution in [0.2, 0.25) is 0 Å². The summed E-state index contributed by atoms with van der Waals surface area (Å²) in [5.41, 5.74) is 9.76. The van der Waals surface area contributed by atoms with E-state index in [4.69, 9.17) is 5.73 Å². The molecule has 0 saturated carbocycles. The first kappa shape index (κ1) is 14.2. The van der Waals surface area contributed by atoms with Crippen molar-refractivity contribution in [1.29, 1.82) is 0 Å². The van der Waals surface area contributed by atoms with E-state index in [1.54, 1.807) is 6.20 Å². The number of nitrogens with two attached hydrogens (primary N) is 1. The van der Waals surface area contributed by atoms with Crippen molar-refractivity contribution in [1.82, 2.24) is 14.8 Å². The van der Waals surface area contributed by atoms with Gasteiger partial charge < -0.3 is 5.73 Å². The highest BCUT2D eigenvalue weighted by atomic mass is 79.9. The number of aryl methyl sites for hydroxylation is 1.